The lowest BCUT2D eigenvalue weighted by molar-refractivity contribution is 1.08. The fraction of sp³-hybridized carbons (Fsp3) is 0.0238. The standard InChI is InChI=1S/C42H29N3S/c1-3-4-18-38-27(2)34-23-24-35-36(39(34)46-38)16-11-17-37(35)42-44-40(30-14-9-6-10-15-30)43-41(45-42)32-22-20-29-19-21-31(25-33(29)26-32)28-12-7-5-8-13-28/h3-26H,1H2,2H3/b18-4-. The van der Waals surface area contributed by atoms with Gasteiger partial charge in [-0.25, -0.2) is 15.0 Å². The van der Waals surface area contributed by atoms with Gasteiger partial charge in [0.15, 0.2) is 17.5 Å². The van der Waals surface area contributed by atoms with Gasteiger partial charge in [0.1, 0.15) is 0 Å². The van der Waals surface area contributed by atoms with Crippen LogP contribution >= 0.6 is 11.3 Å². The molecule has 2 aromatic heterocycles. The monoisotopic (exact) mass is 607 g/mol. The SMILES string of the molecule is C=C/C=C\c1sc2c(ccc3c(-c4nc(-c5ccccc5)nc(-c5ccc6ccc(-c7ccccc7)cc6c5)n4)cccc32)c1C. The van der Waals surface area contributed by atoms with Crippen molar-refractivity contribution in [2.45, 2.75) is 6.92 Å². The maximum Gasteiger partial charge on any atom is 0.164 e. The van der Waals surface area contributed by atoms with Crippen LogP contribution in [0, 0.1) is 6.92 Å². The van der Waals surface area contributed by atoms with Crippen molar-refractivity contribution in [1.29, 1.82) is 0 Å². The highest BCUT2D eigenvalue weighted by atomic mass is 32.1. The van der Waals surface area contributed by atoms with Crippen LogP contribution in [0.1, 0.15) is 10.4 Å². The number of thiophene rings is 1. The summed E-state index contributed by atoms with van der Waals surface area (Å²) in [6.07, 6.45) is 5.96. The third-order valence-corrected chi connectivity index (χ3v) is 9.80. The molecule has 0 saturated heterocycles. The van der Waals surface area contributed by atoms with E-state index in [1.165, 1.54) is 42.4 Å². The van der Waals surface area contributed by atoms with Gasteiger partial charge >= 0.3 is 0 Å². The summed E-state index contributed by atoms with van der Waals surface area (Å²) in [6.45, 7) is 6.03. The number of hydrogen-bond donors (Lipinski definition) is 0. The van der Waals surface area contributed by atoms with Crippen LogP contribution in [0.25, 0.3) is 83.0 Å². The third-order valence-electron chi connectivity index (χ3n) is 8.50. The summed E-state index contributed by atoms with van der Waals surface area (Å²) in [5.41, 5.74) is 6.55. The zero-order chi connectivity index (χ0) is 31.0. The van der Waals surface area contributed by atoms with E-state index in [0.29, 0.717) is 17.5 Å². The molecule has 0 aliphatic heterocycles. The van der Waals surface area contributed by atoms with Gasteiger partial charge in [-0.3, -0.25) is 0 Å². The molecule has 3 nitrogen and oxygen atoms in total. The molecule has 0 radical (unpaired) electrons. The second kappa shape index (κ2) is 11.7. The number of nitrogens with zero attached hydrogens (tertiary/aromatic N) is 3. The molecule has 0 aliphatic carbocycles. The van der Waals surface area contributed by atoms with Crippen molar-refractivity contribution in [3.8, 4) is 45.3 Å². The second-order valence-corrected chi connectivity index (χ2v) is 12.4. The number of rotatable bonds is 6. The Labute approximate surface area is 271 Å². The minimum atomic E-state index is 0.651. The fourth-order valence-corrected chi connectivity index (χ4v) is 7.35. The smallest absolute Gasteiger partial charge is 0.164 e. The van der Waals surface area contributed by atoms with Crippen molar-refractivity contribution >= 4 is 49.0 Å². The average molecular weight is 608 g/mol. The van der Waals surface area contributed by atoms with Gasteiger partial charge in [-0.1, -0.05) is 134 Å². The first-order valence-electron chi connectivity index (χ1n) is 15.3. The Kier molecular flexibility index (Phi) is 7.05. The normalized spacial score (nSPS) is 11.6. The van der Waals surface area contributed by atoms with E-state index in [1.807, 2.05) is 47.8 Å². The lowest BCUT2D eigenvalue weighted by atomic mass is 9.99. The largest absolute Gasteiger partial charge is 0.208 e. The molecule has 0 unspecified atom stereocenters. The summed E-state index contributed by atoms with van der Waals surface area (Å²) in [5, 5.41) is 5.91. The molecule has 0 atom stereocenters. The van der Waals surface area contributed by atoms with Crippen LogP contribution in [-0.4, -0.2) is 15.0 Å². The third kappa shape index (κ3) is 4.99. The van der Waals surface area contributed by atoms with E-state index >= 15 is 0 Å². The van der Waals surface area contributed by atoms with E-state index in [0.717, 1.165) is 27.5 Å². The predicted octanol–water partition coefficient (Wildman–Crippen LogP) is 11.6. The van der Waals surface area contributed by atoms with Gasteiger partial charge in [0.05, 0.1) is 0 Å². The average Bonchev–Trinajstić information content (AvgIpc) is 3.45. The van der Waals surface area contributed by atoms with E-state index in [1.54, 1.807) is 0 Å². The van der Waals surface area contributed by atoms with Gasteiger partial charge in [-0.15, -0.1) is 11.3 Å². The van der Waals surface area contributed by atoms with E-state index in [4.69, 9.17) is 15.0 Å². The van der Waals surface area contributed by atoms with E-state index in [2.05, 4.69) is 123 Å². The summed E-state index contributed by atoms with van der Waals surface area (Å²) in [5.74, 6) is 1.96. The second-order valence-electron chi connectivity index (χ2n) is 11.3. The van der Waals surface area contributed by atoms with Crippen molar-refractivity contribution in [3.63, 3.8) is 0 Å². The lowest BCUT2D eigenvalue weighted by Gasteiger charge is -2.11. The molecule has 0 N–H and O–H groups in total. The highest BCUT2D eigenvalue weighted by Crippen LogP contribution is 2.40. The highest BCUT2D eigenvalue weighted by molar-refractivity contribution is 7.21. The van der Waals surface area contributed by atoms with E-state index in [9.17, 15) is 0 Å². The Balaban J connectivity index is 1.31. The van der Waals surface area contributed by atoms with Crippen LogP contribution in [0.4, 0.5) is 0 Å². The Bertz CT molecular complexity index is 2440. The molecule has 0 bridgehead atoms. The summed E-state index contributed by atoms with van der Waals surface area (Å²) >= 11 is 1.81. The maximum absolute atomic E-state index is 5.14. The fourth-order valence-electron chi connectivity index (χ4n) is 6.10. The molecule has 0 aliphatic rings. The Morgan fingerprint density at radius 1 is 0.543 bits per heavy atom. The minimum absolute atomic E-state index is 0.651. The van der Waals surface area contributed by atoms with Crippen LogP contribution in [0.15, 0.2) is 146 Å². The minimum Gasteiger partial charge on any atom is -0.208 e. The first kappa shape index (κ1) is 27.8. The van der Waals surface area contributed by atoms with Crippen molar-refractivity contribution < 1.29 is 0 Å². The zero-order valence-corrected chi connectivity index (χ0v) is 26.1. The number of fused-ring (bicyclic) bond motifs is 4. The molecular formula is C42H29N3S. The van der Waals surface area contributed by atoms with E-state index in [-0.39, 0.29) is 0 Å². The van der Waals surface area contributed by atoms with Gasteiger partial charge in [-0.2, -0.15) is 0 Å². The molecule has 0 fully saturated rings. The van der Waals surface area contributed by atoms with Gasteiger partial charge in [0.2, 0.25) is 0 Å². The first-order valence-corrected chi connectivity index (χ1v) is 16.1. The Morgan fingerprint density at radius 2 is 1.20 bits per heavy atom. The summed E-state index contributed by atoms with van der Waals surface area (Å²) in [6, 6.07) is 44.5. The van der Waals surface area contributed by atoms with Gasteiger partial charge in [-0.05, 0) is 63.4 Å². The molecule has 0 saturated carbocycles. The molecule has 6 aromatic carbocycles. The number of hydrogen-bond acceptors (Lipinski definition) is 4. The Hall–Kier alpha value is -5.71. The number of aryl methyl sites for hydroxylation is 1. The predicted molar refractivity (Wildman–Crippen MR) is 196 cm³/mol. The molecule has 0 amide bonds. The maximum atomic E-state index is 5.14. The molecule has 8 aromatic rings. The molecular weight excluding hydrogens is 579 g/mol. The zero-order valence-electron chi connectivity index (χ0n) is 25.3. The van der Waals surface area contributed by atoms with Gasteiger partial charge < -0.3 is 0 Å². The van der Waals surface area contributed by atoms with Crippen molar-refractivity contribution in [2.24, 2.45) is 0 Å². The lowest BCUT2D eigenvalue weighted by Crippen LogP contribution is -2.00. The van der Waals surface area contributed by atoms with Crippen molar-refractivity contribution in [1.82, 2.24) is 15.0 Å². The summed E-state index contributed by atoms with van der Waals surface area (Å²) < 4.78 is 1.27. The summed E-state index contributed by atoms with van der Waals surface area (Å²) in [7, 11) is 0. The van der Waals surface area contributed by atoms with Crippen LogP contribution < -0.4 is 0 Å². The first-order chi connectivity index (χ1) is 22.7. The van der Waals surface area contributed by atoms with Gasteiger partial charge in [0.25, 0.3) is 0 Å². The Morgan fingerprint density at radius 3 is 1.96 bits per heavy atom. The van der Waals surface area contributed by atoms with Crippen LogP contribution in [0.3, 0.4) is 0 Å². The number of benzene rings is 6. The quantitative estimate of drug-likeness (QED) is 0.177. The van der Waals surface area contributed by atoms with Crippen LogP contribution in [0.5, 0.6) is 0 Å². The van der Waals surface area contributed by atoms with Crippen LogP contribution in [-0.2, 0) is 0 Å². The highest BCUT2D eigenvalue weighted by Gasteiger charge is 2.17. The molecule has 0 spiro atoms. The molecule has 46 heavy (non-hydrogen) atoms. The van der Waals surface area contributed by atoms with Crippen molar-refractivity contribution in [3.05, 3.63) is 157 Å². The van der Waals surface area contributed by atoms with E-state index < -0.39 is 0 Å². The number of aromatic nitrogens is 3. The van der Waals surface area contributed by atoms with Gasteiger partial charge in [0, 0.05) is 31.7 Å². The molecule has 8 rings (SSSR count). The molecule has 2 heterocycles. The van der Waals surface area contributed by atoms with Crippen LogP contribution in [0.2, 0.25) is 0 Å². The molecule has 218 valence electrons. The topological polar surface area (TPSA) is 38.7 Å². The van der Waals surface area contributed by atoms with Crippen molar-refractivity contribution in [2.75, 3.05) is 0 Å². The molecule has 4 heteroatoms. The number of allylic oxidation sites excluding steroid dienone is 2. The summed E-state index contributed by atoms with van der Waals surface area (Å²) in [4.78, 5) is 16.5.